The third-order valence-corrected chi connectivity index (χ3v) is 5.07. The molecule has 94 valence electrons. The fourth-order valence-corrected chi connectivity index (χ4v) is 3.99. The van der Waals surface area contributed by atoms with Crippen molar-refractivity contribution in [2.75, 3.05) is 11.5 Å². The molecule has 17 heavy (non-hydrogen) atoms. The van der Waals surface area contributed by atoms with Gasteiger partial charge in [0.2, 0.25) is 0 Å². The van der Waals surface area contributed by atoms with Crippen LogP contribution in [0.4, 0.5) is 0 Å². The molecule has 0 amide bonds. The van der Waals surface area contributed by atoms with Gasteiger partial charge in [0.15, 0.2) is 9.84 Å². The Labute approximate surface area is 103 Å². The first-order valence-electron chi connectivity index (χ1n) is 6.08. The largest absolute Gasteiger partial charge is 0.306 e. The maximum Gasteiger partial charge on any atom is 0.151 e. The molecule has 2 atom stereocenters. The third-order valence-electron chi connectivity index (χ3n) is 3.25. The Kier molecular flexibility index (Phi) is 3.84. The maximum atomic E-state index is 11.5. The normalized spacial score (nSPS) is 25.4. The van der Waals surface area contributed by atoms with E-state index in [2.05, 4.69) is 24.4 Å². The highest BCUT2D eigenvalue weighted by Crippen LogP contribution is 2.17. The predicted molar refractivity (Wildman–Crippen MR) is 69.7 cm³/mol. The summed E-state index contributed by atoms with van der Waals surface area (Å²) >= 11 is 0. The Morgan fingerprint density at radius 3 is 2.65 bits per heavy atom. The van der Waals surface area contributed by atoms with Crippen LogP contribution in [-0.2, 0) is 9.84 Å². The predicted octanol–water partition coefficient (Wildman–Crippen LogP) is 1.91. The molecule has 1 saturated heterocycles. The van der Waals surface area contributed by atoms with Crippen LogP contribution in [0.5, 0.6) is 0 Å². The van der Waals surface area contributed by atoms with Gasteiger partial charge >= 0.3 is 0 Å². The summed E-state index contributed by atoms with van der Waals surface area (Å²) in [7, 11) is -2.82. The first-order chi connectivity index (χ1) is 8.07. The second-order valence-electron chi connectivity index (χ2n) is 4.75. The van der Waals surface area contributed by atoms with Crippen molar-refractivity contribution in [3.8, 4) is 0 Å². The summed E-state index contributed by atoms with van der Waals surface area (Å²) in [4.78, 5) is 0. The molecule has 1 heterocycles. The summed E-state index contributed by atoms with van der Waals surface area (Å²) in [5.74, 6) is 0.634. The lowest BCUT2D eigenvalue weighted by Gasteiger charge is -2.26. The highest BCUT2D eigenvalue weighted by Gasteiger charge is 2.25. The van der Waals surface area contributed by atoms with E-state index in [0.717, 1.165) is 12.8 Å². The highest BCUT2D eigenvalue weighted by atomic mass is 32.2. The van der Waals surface area contributed by atoms with Gasteiger partial charge in [-0.25, -0.2) is 8.42 Å². The number of hydrogen-bond donors (Lipinski definition) is 1. The van der Waals surface area contributed by atoms with Crippen LogP contribution in [0.2, 0.25) is 0 Å². The molecular formula is C13H19NO2S. The SMILES string of the molecule is C[C@@H](NC1CCCS(=O)(=O)C1)c1ccccc1. The van der Waals surface area contributed by atoms with E-state index >= 15 is 0 Å². The van der Waals surface area contributed by atoms with Gasteiger partial charge < -0.3 is 5.32 Å². The molecule has 1 aromatic rings. The lowest BCUT2D eigenvalue weighted by Crippen LogP contribution is -2.41. The maximum absolute atomic E-state index is 11.5. The van der Waals surface area contributed by atoms with Crippen molar-refractivity contribution in [1.29, 1.82) is 0 Å². The molecule has 1 aliphatic rings. The van der Waals surface area contributed by atoms with Crippen LogP contribution in [0.25, 0.3) is 0 Å². The van der Waals surface area contributed by atoms with Gasteiger partial charge in [-0.1, -0.05) is 30.3 Å². The van der Waals surface area contributed by atoms with E-state index in [1.807, 2.05) is 18.2 Å². The molecule has 0 radical (unpaired) electrons. The molecule has 4 heteroatoms. The smallest absolute Gasteiger partial charge is 0.151 e. The number of nitrogens with one attached hydrogen (secondary N) is 1. The third kappa shape index (κ3) is 3.54. The van der Waals surface area contributed by atoms with E-state index in [4.69, 9.17) is 0 Å². The van der Waals surface area contributed by atoms with Crippen LogP contribution >= 0.6 is 0 Å². The van der Waals surface area contributed by atoms with Gasteiger partial charge in [0.25, 0.3) is 0 Å². The average molecular weight is 253 g/mol. The second-order valence-corrected chi connectivity index (χ2v) is 6.98. The average Bonchev–Trinajstić information content (AvgIpc) is 2.29. The van der Waals surface area contributed by atoms with E-state index in [1.165, 1.54) is 5.56 Å². The molecule has 1 fully saturated rings. The van der Waals surface area contributed by atoms with Crippen molar-refractivity contribution < 1.29 is 8.42 Å². The summed E-state index contributed by atoms with van der Waals surface area (Å²) in [6.07, 6.45) is 1.73. The summed E-state index contributed by atoms with van der Waals surface area (Å²) in [6.45, 7) is 2.08. The fraction of sp³-hybridized carbons (Fsp3) is 0.538. The van der Waals surface area contributed by atoms with Crippen molar-refractivity contribution in [3.05, 3.63) is 35.9 Å². The Morgan fingerprint density at radius 1 is 1.29 bits per heavy atom. The number of sulfone groups is 1. The standard InChI is InChI=1S/C13H19NO2S/c1-11(12-6-3-2-4-7-12)14-13-8-5-9-17(15,16)10-13/h2-4,6-7,11,13-14H,5,8-10H2,1H3/t11-,13?/m1/s1. The lowest BCUT2D eigenvalue weighted by atomic mass is 10.1. The van der Waals surface area contributed by atoms with E-state index < -0.39 is 9.84 Å². The Balaban J connectivity index is 1.97. The van der Waals surface area contributed by atoms with Gasteiger partial charge in [0, 0.05) is 12.1 Å². The van der Waals surface area contributed by atoms with Gasteiger partial charge in [0.05, 0.1) is 11.5 Å². The van der Waals surface area contributed by atoms with Gasteiger partial charge in [-0.05, 0) is 25.3 Å². The monoisotopic (exact) mass is 253 g/mol. The molecule has 0 aliphatic carbocycles. The quantitative estimate of drug-likeness (QED) is 0.895. The van der Waals surface area contributed by atoms with Crippen molar-refractivity contribution in [3.63, 3.8) is 0 Å². The summed E-state index contributed by atoms with van der Waals surface area (Å²) in [5.41, 5.74) is 1.20. The fourth-order valence-electron chi connectivity index (χ4n) is 2.35. The van der Waals surface area contributed by atoms with E-state index in [1.54, 1.807) is 0 Å². The zero-order chi connectivity index (χ0) is 12.3. The molecule has 1 aromatic carbocycles. The molecule has 3 nitrogen and oxygen atoms in total. The number of hydrogen-bond acceptors (Lipinski definition) is 3. The van der Waals surface area contributed by atoms with E-state index in [0.29, 0.717) is 5.75 Å². The van der Waals surface area contributed by atoms with Gasteiger partial charge in [-0.15, -0.1) is 0 Å². The number of rotatable bonds is 3. The molecule has 1 aliphatic heterocycles. The van der Waals surface area contributed by atoms with Crippen LogP contribution in [0, 0.1) is 0 Å². The first kappa shape index (κ1) is 12.6. The van der Waals surface area contributed by atoms with Crippen LogP contribution in [0.1, 0.15) is 31.4 Å². The minimum atomic E-state index is -2.82. The Hall–Kier alpha value is -0.870. The summed E-state index contributed by atoms with van der Waals surface area (Å²) < 4.78 is 23.1. The Morgan fingerprint density at radius 2 is 2.00 bits per heavy atom. The van der Waals surface area contributed by atoms with E-state index in [-0.39, 0.29) is 17.8 Å². The van der Waals surface area contributed by atoms with Gasteiger partial charge in [-0.3, -0.25) is 0 Å². The zero-order valence-corrected chi connectivity index (χ0v) is 10.9. The van der Waals surface area contributed by atoms with Gasteiger partial charge in [0.1, 0.15) is 0 Å². The molecular weight excluding hydrogens is 234 g/mol. The molecule has 0 aromatic heterocycles. The van der Waals surface area contributed by atoms with Crippen molar-refractivity contribution in [1.82, 2.24) is 5.32 Å². The van der Waals surface area contributed by atoms with Crippen LogP contribution < -0.4 is 5.32 Å². The summed E-state index contributed by atoms with van der Waals surface area (Å²) in [5, 5.41) is 3.41. The molecule has 0 bridgehead atoms. The van der Waals surface area contributed by atoms with Crippen LogP contribution in [0.15, 0.2) is 30.3 Å². The molecule has 0 spiro atoms. The minimum absolute atomic E-state index is 0.101. The summed E-state index contributed by atoms with van der Waals surface area (Å²) in [6, 6.07) is 10.4. The molecule has 1 unspecified atom stereocenters. The van der Waals surface area contributed by atoms with Crippen molar-refractivity contribution in [2.45, 2.75) is 31.8 Å². The molecule has 2 rings (SSSR count). The molecule has 1 N–H and O–H groups in total. The van der Waals surface area contributed by atoms with Crippen molar-refractivity contribution >= 4 is 9.84 Å². The number of benzene rings is 1. The topological polar surface area (TPSA) is 46.2 Å². The molecule has 0 saturated carbocycles. The zero-order valence-electron chi connectivity index (χ0n) is 10.1. The lowest BCUT2D eigenvalue weighted by molar-refractivity contribution is 0.437. The van der Waals surface area contributed by atoms with Gasteiger partial charge in [-0.2, -0.15) is 0 Å². The second kappa shape index (κ2) is 5.19. The van der Waals surface area contributed by atoms with Crippen LogP contribution in [-0.4, -0.2) is 26.0 Å². The Bertz CT molecular complexity index is 456. The van der Waals surface area contributed by atoms with Crippen molar-refractivity contribution in [2.24, 2.45) is 0 Å². The first-order valence-corrected chi connectivity index (χ1v) is 7.90. The van der Waals surface area contributed by atoms with Crippen LogP contribution in [0.3, 0.4) is 0 Å². The van der Waals surface area contributed by atoms with E-state index in [9.17, 15) is 8.42 Å². The highest BCUT2D eigenvalue weighted by molar-refractivity contribution is 7.91. The minimum Gasteiger partial charge on any atom is -0.306 e.